The van der Waals surface area contributed by atoms with Gasteiger partial charge in [-0.15, -0.1) is 0 Å². The average Bonchev–Trinajstić information content (AvgIpc) is 2.47. The minimum atomic E-state index is -0.525. The number of carbonyl (C=O) groups excluding carboxylic acids is 1. The molecule has 0 aliphatic rings. The van der Waals surface area contributed by atoms with Gasteiger partial charge in [0.05, 0.1) is 0 Å². The van der Waals surface area contributed by atoms with Gasteiger partial charge in [-0.2, -0.15) is 0 Å². The van der Waals surface area contributed by atoms with Crippen molar-refractivity contribution in [1.82, 2.24) is 0 Å². The maximum Gasteiger partial charge on any atom is 0.331 e. The lowest BCUT2D eigenvalue weighted by Gasteiger charge is -2.04. The van der Waals surface area contributed by atoms with E-state index in [1.807, 2.05) is 6.07 Å². The fourth-order valence-electron chi connectivity index (χ4n) is 1.62. The van der Waals surface area contributed by atoms with Crippen molar-refractivity contribution in [3.8, 4) is 11.5 Å². The second-order valence-electron chi connectivity index (χ2n) is 4.28. The molecular formula is C16H13ClO4. The molecule has 21 heavy (non-hydrogen) atoms. The number of ether oxygens (including phenoxy) is 1. The molecule has 2 rings (SSSR count). The Morgan fingerprint density at radius 1 is 1.14 bits per heavy atom. The van der Waals surface area contributed by atoms with Gasteiger partial charge in [-0.3, -0.25) is 0 Å². The van der Waals surface area contributed by atoms with Crippen molar-refractivity contribution in [3.05, 3.63) is 64.7 Å². The van der Waals surface area contributed by atoms with Gasteiger partial charge >= 0.3 is 5.97 Å². The van der Waals surface area contributed by atoms with E-state index in [-0.39, 0.29) is 18.1 Å². The van der Waals surface area contributed by atoms with Crippen LogP contribution >= 0.6 is 11.6 Å². The molecular weight excluding hydrogens is 292 g/mol. The summed E-state index contributed by atoms with van der Waals surface area (Å²) in [7, 11) is 0. The van der Waals surface area contributed by atoms with E-state index >= 15 is 0 Å². The second kappa shape index (κ2) is 6.81. The summed E-state index contributed by atoms with van der Waals surface area (Å²) >= 11 is 5.95. The third kappa shape index (κ3) is 4.26. The summed E-state index contributed by atoms with van der Waals surface area (Å²) in [4.78, 5) is 11.6. The SMILES string of the molecule is O=C(C=Cc1ccc(O)c(O)c1)OCc1ccccc1Cl. The van der Waals surface area contributed by atoms with E-state index < -0.39 is 5.97 Å². The first-order chi connectivity index (χ1) is 10.1. The first kappa shape index (κ1) is 14.9. The van der Waals surface area contributed by atoms with Gasteiger partial charge < -0.3 is 14.9 Å². The van der Waals surface area contributed by atoms with Crippen molar-refractivity contribution >= 4 is 23.6 Å². The van der Waals surface area contributed by atoms with Crippen LogP contribution in [0, 0.1) is 0 Å². The zero-order chi connectivity index (χ0) is 15.2. The van der Waals surface area contributed by atoms with Gasteiger partial charge in [0.15, 0.2) is 11.5 Å². The summed E-state index contributed by atoms with van der Waals surface area (Å²) in [5, 5.41) is 19.1. The van der Waals surface area contributed by atoms with Crippen LogP contribution in [0.5, 0.6) is 11.5 Å². The predicted octanol–water partition coefficient (Wildman–Crippen LogP) is 3.51. The Morgan fingerprint density at radius 2 is 1.90 bits per heavy atom. The lowest BCUT2D eigenvalue weighted by molar-refractivity contribution is -0.138. The van der Waals surface area contributed by atoms with E-state index in [9.17, 15) is 15.0 Å². The van der Waals surface area contributed by atoms with E-state index in [1.165, 1.54) is 24.3 Å². The molecule has 0 bridgehead atoms. The highest BCUT2D eigenvalue weighted by Crippen LogP contribution is 2.25. The molecule has 0 unspecified atom stereocenters. The minimum absolute atomic E-state index is 0.0870. The predicted molar refractivity (Wildman–Crippen MR) is 80.1 cm³/mol. The van der Waals surface area contributed by atoms with Gasteiger partial charge in [0.2, 0.25) is 0 Å². The smallest absolute Gasteiger partial charge is 0.331 e. The van der Waals surface area contributed by atoms with Crippen LogP contribution in [0.25, 0.3) is 6.08 Å². The molecule has 0 aliphatic carbocycles. The van der Waals surface area contributed by atoms with Crippen LogP contribution in [0.3, 0.4) is 0 Å². The lowest BCUT2D eigenvalue weighted by atomic mass is 10.2. The molecule has 2 N–H and O–H groups in total. The Morgan fingerprint density at radius 3 is 2.62 bits per heavy atom. The first-order valence-electron chi connectivity index (χ1n) is 6.16. The molecule has 2 aromatic rings. The Kier molecular flexibility index (Phi) is 4.85. The number of carbonyl (C=O) groups is 1. The molecule has 0 saturated carbocycles. The Balaban J connectivity index is 1.94. The number of hydrogen-bond acceptors (Lipinski definition) is 4. The number of halogens is 1. The van der Waals surface area contributed by atoms with Gasteiger partial charge in [-0.05, 0) is 29.8 Å². The second-order valence-corrected chi connectivity index (χ2v) is 4.69. The highest BCUT2D eigenvalue weighted by atomic mass is 35.5. The molecule has 108 valence electrons. The molecule has 0 heterocycles. The first-order valence-corrected chi connectivity index (χ1v) is 6.54. The fraction of sp³-hybridized carbons (Fsp3) is 0.0625. The Labute approximate surface area is 126 Å². The third-order valence-electron chi connectivity index (χ3n) is 2.74. The monoisotopic (exact) mass is 304 g/mol. The van der Waals surface area contributed by atoms with Gasteiger partial charge in [-0.25, -0.2) is 4.79 Å². The maximum atomic E-state index is 11.6. The molecule has 0 atom stereocenters. The molecule has 5 heteroatoms. The van der Waals surface area contributed by atoms with Crippen molar-refractivity contribution in [2.75, 3.05) is 0 Å². The quantitative estimate of drug-likeness (QED) is 0.515. The molecule has 0 saturated heterocycles. The van der Waals surface area contributed by atoms with Crippen molar-refractivity contribution in [3.63, 3.8) is 0 Å². The highest BCUT2D eigenvalue weighted by Gasteiger charge is 2.03. The maximum absolute atomic E-state index is 11.6. The van der Waals surface area contributed by atoms with Crippen LogP contribution in [0.2, 0.25) is 5.02 Å². The molecule has 4 nitrogen and oxygen atoms in total. The van der Waals surface area contributed by atoms with Gasteiger partial charge in [0, 0.05) is 16.7 Å². The minimum Gasteiger partial charge on any atom is -0.504 e. The van der Waals surface area contributed by atoms with E-state index in [0.717, 1.165) is 5.56 Å². The summed E-state index contributed by atoms with van der Waals surface area (Å²) in [6.45, 7) is 0.0870. The number of phenols is 2. The Hall–Kier alpha value is -2.46. The van der Waals surface area contributed by atoms with Crippen molar-refractivity contribution in [1.29, 1.82) is 0 Å². The van der Waals surface area contributed by atoms with E-state index in [4.69, 9.17) is 16.3 Å². The van der Waals surface area contributed by atoms with Crippen LogP contribution in [0.4, 0.5) is 0 Å². The fourth-order valence-corrected chi connectivity index (χ4v) is 1.81. The van der Waals surface area contributed by atoms with Gasteiger partial charge in [0.25, 0.3) is 0 Å². The molecule has 0 spiro atoms. The van der Waals surface area contributed by atoms with Crippen LogP contribution in [-0.4, -0.2) is 16.2 Å². The van der Waals surface area contributed by atoms with E-state index in [1.54, 1.807) is 24.3 Å². The summed E-state index contributed by atoms with van der Waals surface area (Å²) in [6.07, 6.45) is 2.72. The number of esters is 1. The number of hydrogen-bond donors (Lipinski definition) is 2. The highest BCUT2D eigenvalue weighted by molar-refractivity contribution is 6.31. The third-order valence-corrected chi connectivity index (χ3v) is 3.11. The molecule has 0 amide bonds. The molecule has 0 aliphatic heterocycles. The van der Waals surface area contributed by atoms with Crippen molar-refractivity contribution in [2.45, 2.75) is 6.61 Å². The zero-order valence-electron chi connectivity index (χ0n) is 11.0. The summed E-state index contributed by atoms with van der Waals surface area (Å²) in [5.74, 6) is -0.988. The summed E-state index contributed by atoms with van der Waals surface area (Å²) in [6, 6.07) is 11.3. The normalized spacial score (nSPS) is 10.7. The van der Waals surface area contributed by atoms with Gasteiger partial charge in [0.1, 0.15) is 6.61 Å². The van der Waals surface area contributed by atoms with Crippen LogP contribution in [0.1, 0.15) is 11.1 Å². The molecule has 2 aromatic carbocycles. The Bertz CT molecular complexity index is 680. The standard InChI is InChI=1S/C16H13ClO4/c17-13-4-2-1-3-12(13)10-21-16(20)8-6-11-5-7-14(18)15(19)9-11/h1-9,18-19H,10H2. The van der Waals surface area contributed by atoms with Crippen molar-refractivity contribution < 1.29 is 19.7 Å². The van der Waals surface area contributed by atoms with Crippen LogP contribution in [0.15, 0.2) is 48.5 Å². The number of aromatic hydroxyl groups is 2. The largest absolute Gasteiger partial charge is 0.504 e. The topological polar surface area (TPSA) is 66.8 Å². The zero-order valence-corrected chi connectivity index (χ0v) is 11.7. The average molecular weight is 305 g/mol. The summed E-state index contributed by atoms with van der Waals surface area (Å²) < 4.78 is 5.06. The number of benzene rings is 2. The molecule has 0 fully saturated rings. The van der Waals surface area contributed by atoms with Gasteiger partial charge in [-0.1, -0.05) is 35.9 Å². The van der Waals surface area contributed by atoms with Crippen molar-refractivity contribution in [2.24, 2.45) is 0 Å². The van der Waals surface area contributed by atoms with E-state index in [2.05, 4.69) is 0 Å². The number of phenolic OH excluding ortho intramolecular Hbond substituents is 2. The molecule has 0 radical (unpaired) electrons. The number of rotatable bonds is 4. The van der Waals surface area contributed by atoms with Crippen LogP contribution < -0.4 is 0 Å². The van der Waals surface area contributed by atoms with Crippen LogP contribution in [-0.2, 0) is 16.1 Å². The molecule has 0 aromatic heterocycles. The lowest BCUT2D eigenvalue weighted by Crippen LogP contribution is -2.01. The van der Waals surface area contributed by atoms with E-state index in [0.29, 0.717) is 10.6 Å². The summed E-state index contributed by atoms with van der Waals surface area (Å²) in [5.41, 5.74) is 1.29.